The zero-order valence-electron chi connectivity index (χ0n) is 14.8. The fourth-order valence-electron chi connectivity index (χ4n) is 2.49. The molecule has 3 aromatic rings. The number of nitrogens with one attached hydrogen (secondary N) is 1. The lowest BCUT2D eigenvalue weighted by atomic mass is 10.2. The number of nitrogens with two attached hydrogens (primary N) is 1. The van der Waals surface area contributed by atoms with Gasteiger partial charge in [-0.25, -0.2) is 0 Å². The molecule has 0 atom stereocenters. The van der Waals surface area contributed by atoms with Crippen molar-refractivity contribution in [2.24, 2.45) is 0 Å². The summed E-state index contributed by atoms with van der Waals surface area (Å²) in [6.45, 7) is 4.76. The van der Waals surface area contributed by atoms with Crippen LogP contribution in [0.1, 0.15) is 12.5 Å². The molecule has 0 bridgehead atoms. The number of nitrogens with zero attached hydrogens (tertiary/aromatic N) is 3. The molecule has 0 saturated carbocycles. The summed E-state index contributed by atoms with van der Waals surface area (Å²) in [5, 5.41) is 12.1. The molecule has 0 aliphatic heterocycles. The van der Waals surface area contributed by atoms with Crippen LogP contribution >= 0.6 is 11.8 Å². The molecule has 0 spiro atoms. The topological polar surface area (TPSA) is 85.8 Å². The molecule has 7 heteroatoms. The lowest BCUT2D eigenvalue weighted by Crippen LogP contribution is -2.14. The van der Waals surface area contributed by atoms with Crippen LogP contribution in [0.15, 0.2) is 53.7 Å². The average molecular weight is 367 g/mol. The smallest absolute Gasteiger partial charge is 0.234 e. The Hall–Kier alpha value is -2.80. The van der Waals surface area contributed by atoms with Gasteiger partial charge in [0.1, 0.15) is 0 Å². The van der Waals surface area contributed by atoms with Gasteiger partial charge in [-0.05, 0) is 50.2 Å². The van der Waals surface area contributed by atoms with E-state index in [1.807, 2.05) is 66.9 Å². The van der Waals surface area contributed by atoms with Crippen molar-refractivity contribution in [1.82, 2.24) is 14.8 Å². The first-order valence-corrected chi connectivity index (χ1v) is 9.34. The Morgan fingerprint density at radius 2 is 1.81 bits per heavy atom. The van der Waals surface area contributed by atoms with Gasteiger partial charge in [-0.2, -0.15) is 0 Å². The highest BCUT2D eigenvalue weighted by molar-refractivity contribution is 7.99. The molecule has 3 N–H and O–H groups in total. The zero-order chi connectivity index (χ0) is 18.5. The lowest BCUT2D eigenvalue weighted by molar-refractivity contribution is -0.113. The molecule has 6 nitrogen and oxygen atoms in total. The molecule has 3 rings (SSSR count). The van der Waals surface area contributed by atoms with Crippen LogP contribution in [0.2, 0.25) is 0 Å². The summed E-state index contributed by atoms with van der Waals surface area (Å²) in [6.07, 6.45) is 0. The van der Waals surface area contributed by atoms with E-state index >= 15 is 0 Å². The highest BCUT2D eigenvalue weighted by atomic mass is 32.2. The molecule has 1 amide bonds. The number of amides is 1. The fraction of sp³-hybridized carbons (Fsp3) is 0.211. The first kappa shape index (κ1) is 18.0. The van der Waals surface area contributed by atoms with Crippen LogP contribution in [0, 0.1) is 6.92 Å². The van der Waals surface area contributed by atoms with Gasteiger partial charge in [0.05, 0.1) is 5.75 Å². The van der Waals surface area contributed by atoms with Gasteiger partial charge in [-0.3, -0.25) is 4.79 Å². The second kappa shape index (κ2) is 8.05. The first-order chi connectivity index (χ1) is 12.6. The van der Waals surface area contributed by atoms with E-state index in [4.69, 9.17) is 5.73 Å². The Labute approximate surface area is 156 Å². The van der Waals surface area contributed by atoms with E-state index in [1.165, 1.54) is 11.8 Å². The van der Waals surface area contributed by atoms with Gasteiger partial charge in [0, 0.05) is 23.5 Å². The highest BCUT2D eigenvalue weighted by Gasteiger charge is 2.14. The summed E-state index contributed by atoms with van der Waals surface area (Å²) in [5.74, 6) is 0.973. The molecule has 1 heterocycles. The van der Waals surface area contributed by atoms with Crippen LogP contribution < -0.4 is 11.1 Å². The number of aryl methyl sites for hydroxylation is 1. The maximum atomic E-state index is 12.2. The normalized spacial score (nSPS) is 10.7. The maximum Gasteiger partial charge on any atom is 0.234 e. The van der Waals surface area contributed by atoms with E-state index in [0.717, 1.165) is 27.8 Å². The van der Waals surface area contributed by atoms with Crippen LogP contribution in [0.5, 0.6) is 0 Å². The van der Waals surface area contributed by atoms with E-state index in [9.17, 15) is 4.79 Å². The molecule has 0 aliphatic carbocycles. The molecule has 26 heavy (non-hydrogen) atoms. The number of nitrogen functional groups attached to an aromatic ring is 1. The quantitative estimate of drug-likeness (QED) is 0.514. The third-order valence-electron chi connectivity index (χ3n) is 3.87. The molecule has 134 valence electrons. The van der Waals surface area contributed by atoms with Crippen molar-refractivity contribution in [3.63, 3.8) is 0 Å². The number of hydrogen-bond donors (Lipinski definition) is 2. The van der Waals surface area contributed by atoms with Gasteiger partial charge in [-0.15, -0.1) is 10.2 Å². The Morgan fingerprint density at radius 3 is 2.46 bits per heavy atom. The standard InChI is InChI=1S/C19H21N5OS/c1-3-24-18(14-6-8-15(20)9-7-14)22-23-19(24)26-12-17(25)21-16-10-4-13(2)5-11-16/h4-11H,3,12,20H2,1-2H3,(H,21,25). The van der Waals surface area contributed by atoms with Crippen molar-refractivity contribution in [2.45, 2.75) is 25.5 Å². The molecule has 0 radical (unpaired) electrons. The molecule has 1 aromatic heterocycles. The maximum absolute atomic E-state index is 12.2. The summed E-state index contributed by atoms with van der Waals surface area (Å²) in [4.78, 5) is 12.2. The Morgan fingerprint density at radius 1 is 1.12 bits per heavy atom. The van der Waals surface area contributed by atoms with Crippen LogP contribution in [-0.4, -0.2) is 26.4 Å². The van der Waals surface area contributed by atoms with E-state index in [0.29, 0.717) is 12.2 Å². The van der Waals surface area contributed by atoms with Gasteiger partial charge >= 0.3 is 0 Å². The van der Waals surface area contributed by atoms with Crippen LogP contribution in [0.25, 0.3) is 11.4 Å². The minimum absolute atomic E-state index is 0.0708. The molecule has 0 fully saturated rings. The molecular formula is C19H21N5OS. The molecule has 0 unspecified atom stereocenters. The molecule has 0 aliphatic rings. The monoisotopic (exact) mass is 367 g/mol. The Kier molecular flexibility index (Phi) is 5.58. The van der Waals surface area contributed by atoms with E-state index in [2.05, 4.69) is 15.5 Å². The zero-order valence-corrected chi connectivity index (χ0v) is 15.6. The molecule has 2 aromatic carbocycles. The highest BCUT2D eigenvalue weighted by Crippen LogP contribution is 2.24. The minimum Gasteiger partial charge on any atom is -0.399 e. The number of aromatic nitrogens is 3. The van der Waals surface area contributed by atoms with Gasteiger partial charge in [0.2, 0.25) is 5.91 Å². The predicted octanol–water partition coefficient (Wildman–Crippen LogP) is 3.59. The summed E-state index contributed by atoms with van der Waals surface area (Å²) < 4.78 is 2.00. The first-order valence-electron chi connectivity index (χ1n) is 8.35. The predicted molar refractivity (Wildman–Crippen MR) is 106 cm³/mol. The van der Waals surface area contributed by atoms with Crippen molar-refractivity contribution in [3.05, 3.63) is 54.1 Å². The summed E-state index contributed by atoms with van der Waals surface area (Å²) in [6, 6.07) is 15.2. The fourth-order valence-corrected chi connectivity index (χ4v) is 3.29. The minimum atomic E-state index is -0.0708. The van der Waals surface area contributed by atoms with E-state index in [-0.39, 0.29) is 11.7 Å². The second-order valence-electron chi connectivity index (χ2n) is 5.88. The number of rotatable bonds is 6. The number of anilines is 2. The van der Waals surface area contributed by atoms with Crippen molar-refractivity contribution in [3.8, 4) is 11.4 Å². The number of carbonyl (C=O) groups is 1. The van der Waals surface area contributed by atoms with Gasteiger partial charge in [-0.1, -0.05) is 29.5 Å². The van der Waals surface area contributed by atoms with Crippen LogP contribution in [0.4, 0.5) is 11.4 Å². The third kappa shape index (κ3) is 4.23. The number of benzene rings is 2. The lowest BCUT2D eigenvalue weighted by Gasteiger charge is -2.08. The second-order valence-corrected chi connectivity index (χ2v) is 6.82. The Bertz CT molecular complexity index is 887. The summed E-state index contributed by atoms with van der Waals surface area (Å²) in [7, 11) is 0. The molecule has 0 saturated heterocycles. The largest absolute Gasteiger partial charge is 0.399 e. The number of thioether (sulfide) groups is 1. The van der Waals surface area contributed by atoms with Crippen LogP contribution in [-0.2, 0) is 11.3 Å². The summed E-state index contributed by atoms with van der Waals surface area (Å²) >= 11 is 1.37. The Balaban J connectivity index is 1.67. The third-order valence-corrected chi connectivity index (χ3v) is 4.84. The SMILES string of the molecule is CCn1c(SCC(=O)Nc2ccc(C)cc2)nnc1-c1ccc(N)cc1. The van der Waals surface area contributed by atoms with Crippen LogP contribution in [0.3, 0.4) is 0 Å². The average Bonchev–Trinajstić information content (AvgIpc) is 3.05. The molecular weight excluding hydrogens is 346 g/mol. The van der Waals surface area contributed by atoms with Crippen molar-refractivity contribution in [2.75, 3.05) is 16.8 Å². The summed E-state index contributed by atoms with van der Waals surface area (Å²) in [5.41, 5.74) is 9.35. The van der Waals surface area contributed by atoms with Gasteiger partial charge < -0.3 is 15.6 Å². The van der Waals surface area contributed by atoms with E-state index in [1.54, 1.807) is 0 Å². The van der Waals surface area contributed by atoms with Gasteiger partial charge in [0.15, 0.2) is 11.0 Å². The number of hydrogen-bond acceptors (Lipinski definition) is 5. The van der Waals surface area contributed by atoms with E-state index < -0.39 is 0 Å². The number of carbonyl (C=O) groups excluding carboxylic acids is 1. The van der Waals surface area contributed by atoms with Gasteiger partial charge in [0.25, 0.3) is 0 Å². The van der Waals surface area contributed by atoms with Crippen molar-refractivity contribution < 1.29 is 4.79 Å². The van der Waals surface area contributed by atoms with Crippen molar-refractivity contribution >= 4 is 29.0 Å². The van der Waals surface area contributed by atoms with Crippen molar-refractivity contribution in [1.29, 1.82) is 0 Å².